The van der Waals surface area contributed by atoms with Gasteiger partial charge < -0.3 is 15.6 Å². The lowest BCUT2D eigenvalue weighted by Crippen LogP contribution is -2.42. The summed E-state index contributed by atoms with van der Waals surface area (Å²) in [5.41, 5.74) is 8.15. The summed E-state index contributed by atoms with van der Waals surface area (Å²) in [5, 5.41) is 10.5. The predicted molar refractivity (Wildman–Crippen MR) is 73.3 cm³/mol. The Kier molecular flexibility index (Phi) is 3.53. The van der Waals surface area contributed by atoms with Crippen molar-refractivity contribution in [3.63, 3.8) is 0 Å². The van der Waals surface area contributed by atoms with Gasteiger partial charge in [-0.1, -0.05) is 26.3 Å². The molecule has 1 aliphatic rings. The lowest BCUT2D eigenvalue weighted by molar-refractivity contribution is 0.239. The van der Waals surface area contributed by atoms with E-state index < -0.39 is 0 Å². The minimum atomic E-state index is -0.0434. The Labute approximate surface area is 109 Å². The monoisotopic (exact) mass is 249 g/mol. The molecule has 1 saturated carbocycles. The van der Waals surface area contributed by atoms with Crippen LogP contribution in [0.5, 0.6) is 11.5 Å². The topological polar surface area (TPSA) is 55.5 Å². The van der Waals surface area contributed by atoms with Crippen molar-refractivity contribution in [2.24, 2.45) is 5.73 Å². The highest BCUT2D eigenvalue weighted by molar-refractivity contribution is 5.55. The van der Waals surface area contributed by atoms with E-state index in [-0.39, 0.29) is 11.2 Å². The summed E-state index contributed by atoms with van der Waals surface area (Å²) in [6.45, 7) is 4.88. The SMILES string of the molecule is COc1ccc(C(C)C)c(C2(CN)CCC2)c1O. The van der Waals surface area contributed by atoms with Crippen LogP contribution in [0.2, 0.25) is 0 Å². The third-order valence-corrected chi connectivity index (χ3v) is 4.25. The first kappa shape index (κ1) is 13.2. The fourth-order valence-corrected chi connectivity index (χ4v) is 2.95. The van der Waals surface area contributed by atoms with Crippen LogP contribution in [0.3, 0.4) is 0 Å². The number of hydrogen-bond acceptors (Lipinski definition) is 3. The molecule has 18 heavy (non-hydrogen) atoms. The van der Waals surface area contributed by atoms with Crippen LogP contribution in [0.4, 0.5) is 0 Å². The number of nitrogens with two attached hydrogens (primary N) is 1. The third kappa shape index (κ3) is 1.87. The normalized spacial score (nSPS) is 17.6. The van der Waals surface area contributed by atoms with Crippen molar-refractivity contribution >= 4 is 0 Å². The van der Waals surface area contributed by atoms with Gasteiger partial charge in [0, 0.05) is 17.5 Å². The second-order valence-electron chi connectivity index (χ2n) is 5.57. The summed E-state index contributed by atoms with van der Waals surface area (Å²) < 4.78 is 5.24. The van der Waals surface area contributed by atoms with Gasteiger partial charge in [-0.15, -0.1) is 0 Å². The fraction of sp³-hybridized carbons (Fsp3) is 0.600. The molecule has 1 aromatic carbocycles. The lowest BCUT2D eigenvalue weighted by Gasteiger charge is -2.43. The molecule has 0 bridgehead atoms. The maximum Gasteiger partial charge on any atom is 0.161 e. The van der Waals surface area contributed by atoms with E-state index in [9.17, 15) is 5.11 Å². The smallest absolute Gasteiger partial charge is 0.161 e. The van der Waals surface area contributed by atoms with Gasteiger partial charge >= 0.3 is 0 Å². The second kappa shape index (κ2) is 4.81. The fourth-order valence-electron chi connectivity index (χ4n) is 2.95. The summed E-state index contributed by atoms with van der Waals surface area (Å²) in [6, 6.07) is 3.91. The van der Waals surface area contributed by atoms with Crippen LogP contribution in [-0.2, 0) is 5.41 Å². The molecule has 3 N–H and O–H groups in total. The van der Waals surface area contributed by atoms with E-state index in [2.05, 4.69) is 19.9 Å². The number of rotatable bonds is 4. The van der Waals surface area contributed by atoms with Crippen molar-refractivity contribution < 1.29 is 9.84 Å². The van der Waals surface area contributed by atoms with Crippen molar-refractivity contribution in [3.8, 4) is 11.5 Å². The largest absolute Gasteiger partial charge is 0.504 e. The van der Waals surface area contributed by atoms with Crippen LogP contribution >= 0.6 is 0 Å². The summed E-state index contributed by atoms with van der Waals surface area (Å²) >= 11 is 0. The molecule has 0 aromatic heterocycles. The highest BCUT2D eigenvalue weighted by Gasteiger charge is 2.41. The van der Waals surface area contributed by atoms with Gasteiger partial charge in [0.1, 0.15) is 0 Å². The third-order valence-electron chi connectivity index (χ3n) is 4.25. The number of phenolic OH excluding ortho intramolecular Hbond substituents is 1. The highest BCUT2D eigenvalue weighted by Crippen LogP contribution is 2.51. The van der Waals surface area contributed by atoms with Crippen molar-refractivity contribution in [3.05, 3.63) is 23.3 Å². The zero-order valence-electron chi connectivity index (χ0n) is 11.5. The van der Waals surface area contributed by atoms with Gasteiger partial charge in [0.15, 0.2) is 11.5 Å². The van der Waals surface area contributed by atoms with E-state index in [1.54, 1.807) is 7.11 Å². The molecule has 100 valence electrons. The van der Waals surface area contributed by atoms with Crippen molar-refractivity contribution in [2.45, 2.75) is 44.4 Å². The molecule has 0 amide bonds. The highest BCUT2D eigenvalue weighted by atomic mass is 16.5. The first-order valence-corrected chi connectivity index (χ1v) is 6.66. The quantitative estimate of drug-likeness (QED) is 0.862. The number of ether oxygens (including phenoxy) is 1. The van der Waals surface area contributed by atoms with Gasteiger partial charge in [-0.25, -0.2) is 0 Å². The molecule has 0 radical (unpaired) electrons. The van der Waals surface area contributed by atoms with Gasteiger partial charge in [0.2, 0.25) is 0 Å². The molecule has 1 aliphatic carbocycles. The molecule has 1 fully saturated rings. The van der Waals surface area contributed by atoms with E-state index in [1.165, 1.54) is 12.0 Å². The van der Waals surface area contributed by atoms with Crippen LogP contribution in [0.25, 0.3) is 0 Å². The van der Waals surface area contributed by atoms with E-state index >= 15 is 0 Å². The Balaban J connectivity index is 2.61. The molecular weight excluding hydrogens is 226 g/mol. The van der Waals surface area contributed by atoms with Crippen LogP contribution in [0.1, 0.15) is 50.2 Å². The van der Waals surface area contributed by atoms with Crippen LogP contribution in [-0.4, -0.2) is 18.8 Å². The zero-order valence-corrected chi connectivity index (χ0v) is 11.5. The Bertz CT molecular complexity index is 431. The van der Waals surface area contributed by atoms with Crippen molar-refractivity contribution in [1.29, 1.82) is 0 Å². The molecular formula is C15H23NO2. The van der Waals surface area contributed by atoms with Crippen LogP contribution in [0.15, 0.2) is 12.1 Å². The van der Waals surface area contributed by atoms with Crippen molar-refractivity contribution in [2.75, 3.05) is 13.7 Å². The summed E-state index contributed by atoms with van der Waals surface area (Å²) in [5.74, 6) is 1.21. The van der Waals surface area contributed by atoms with E-state index in [0.717, 1.165) is 18.4 Å². The number of hydrogen-bond donors (Lipinski definition) is 2. The molecule has 0 saturated heterocycles. The van der Waals surface area contributed by atoms with Gasteiger partial charge in [0.05, 0.1) is 7.11 Å². The minimum absolute atomic E-state index is 0.0434. The number of benzene rings is 1. The van der Waals surface area contributed by atoms with E-state index in [1.807, 2.05) is 6.07 Å². The van der Waals surface area contributed by atoms with Crippen LogP contribution in [0, 0.1) is 0 Å². The first-order valence-electron chi connectivity index (χ1n) is 6.66. The van der Waals surface area contributed by atoms with E-state index in [0.29, 0.717) is 18.2 Å². The molecule has 0 aliphatic heterocycles. The molecule has 2 rings (SSSR count). The second-order valence-corrected chi connectivity index (χ2v) is 5.57. The molecule has 0 spiro atoms. The van der Waals surface area contributed by atoms with E-state index in [4.69, 9.17) is 10.5 Å². The Morgan fingerprint density at radius 3 is 2.44 bits per heavy atom. The Morgan fingerprint density at radius 2 is 2.06 bits per heavy atom. The van der Waals surface area contributed by atoms with Gasteiger partial charge in [-0.05, 0) is 30.4 Å². The maximum absolute atomic E-state index is 10.5. The molecule has 0 unspecified atom stereocenters. The zero-order chi connectivity index (χ0) is 13.3. The summed E-state index contributed by atoms with van der Waals surface area (Å²) in [7, 11) is 1.59. The minimum Gasteiger partial charge on any atom is -0.504 e. The molecule has 0 atom stereocenters. The number of methoxy groups -OCH3 is 1. The molecule has 3 nitrogen and oxygen atoms in total. The van der Waals surface area contributed by atoms with Gasteiger partial charge in [-0.3, -0.25) is 0 Å². The Morgan fingerprint density at radius 1 is 1.39 bits per heavy atom. The average Bonchev–Trinajstić information content (AvgIpc) is 2.29. The maximum atomic E-state index is 10.5. The average molecular weight is 249 g/mol. The molecule has 3 heteroatoms. The molecule has 1 aromatic rings. The summed E-state index contributed by atoms with van der Waals surface area (Å²) in [6.07, 6.45) is 3.30. The summed E-state index contributed by atoms with van der Waals surface area (Å²) in [4.78, 5) is 0. The van der Waals surface area contributed by atoms with Crippen LogP contribution < -0.4 is 10.5 Å². The van der Waals surface area contributed by atoms with Crippen molar-refractivity contribution in [1.82, 2.24) is 0 Å². The number of aromatic hydroxyl groups is 1. The molecule has 0 heterocycles. The first-order chi connectivity index (χ1) is 8.55. The Hall–Kier alpha value is -1.22. The van der Waals surface area contributed by atoms with Gasteiger partial charge in [0.25, 0.3) is 0 Å². The number of phenols is 1. The predicted octanol–water partition coefficient (Wildman–Crippen LogP) is 2.90. The van der Waals surface area contributed by atoms with Gasteiger partial charge in [-0.2, -0.15) is 0 Å². The lowest BCUT2D eigenvalue weighted by atomic mass is 9.62. The standard InChI is InChI=1S/C15H23NO2/c1-10(2)11-5-6-12(18-3)14(17)13(11)15(9-16)7-4-8-15/h5-6,10,17H,4,7-9,16H2,1-3H3.